The standard InChI is InChI=1S/C16H23ClFN/c1-2-8-19-15(9-12-4-3-5-12)10-13-6-7-14(17)11-16(13)18/h6-7,11-12,15,19H,2-5,8-10H2,1H3. The molecular formula is C16H23ClFN. The van der Waals surface area contributed by atoms with Crippen LogP contribution in [-0.2, 0) is 6.42 Å². The van der Waals surface area contributed by atoms with Crippen LogP contribution in [0.25, 0.3) is 0 Å². The molecule has 0 heterocycles. The van der Waals surface area contributed by atoms with Gasteiger partial charge in [-0.25, -0.2) is 4.39 Å². The summed E-state index contributed by atoms with van der Waals surface area (Å²) < 4.78 is 13.9. The van der Waals surface area contributed by atoms with Crippen LogP contribution in [-0.4, -0.2) is 12.6 Å². The maximum atomic E-state index is 13.9. The van der Waals surface area contributed by atoms with Gasteiger partial charge in [-0.05, 0) is 49.4 Å². The molecule has 106 valence electrons. The number of hydrogen-bond acceptors (Lipinski definition) is 1. The van der Waals surface area contributed by atoms with E-state index in [0.717, 1.165) is 30.9 Å². The van der Waals surface area contributed by atoms with Crippen molar-refractivity contribution in [2.75, 3.05) is 6.54 Å². The zero-order chi connectivity index (χ0) is 13.7. The Bertz CT molecular complexity index is 404. The molecule has 1 aliphatic rings. The third-order valence-corrected chi connectivity index (χ3v) is 4.24. The first-order chi connectivity index (χ1) is 9.19. The lowest BCUT2D eigenvalue weighted by molar-refractivity contribution is 0.258. The van der Waals surface area contributed by atoms with Crippen molar-refractivity contribution in [2.24, 2.45) is 5.92 Å². The molecule has 1 fully saturated rings. The molecule has 19 heavy (non-hydrogen) atoms. The third kappa shape index (κ3) is 4.47. The molecule has 0 saturated heterocycles. The van der Waals surface area contributed by atoms with E-state index in [1.807, 2.05) is 6.07 Å². The summed E-state index contributed by atoms with van der Waals surface area (Å²) in [6, 6.07) is 5.40. The van der Waals surface area contributed by atoms with Crippen LogP contribution in [0.1, 0.15) is 44.6 Å². The highest BCUT2D eigenvalue weighted by atomic mass is 35.5. The summed E-state index contributed by atoms with van der Waals surface area (Å²) in [7, 11) is 0. The van der Waals surface area contributed by atoms with Crippen molar-refractivity contribution < 1.29 is 4.39 Å². The van der Waals surface area contributed by atoms with E-state index in [2.05, 4.69) is 12.2 Å². The van der Waals surface area contributed by atoms with Crippen LogP contribution in [0.2, 0.25) is 5.02 Å². The average Bonchev–Trinajstić information content (AvgIpc) is 2.33. The maximum absolute atomic E-state index is 13.9. The van der Waals surface area contributed by atoms with Gasteiger partial charge in [0.25, 0.3) is 0 Å². The molecule has 1 N–H and O–H groups in total. The average molecular weight is 284 g/mol. The molecule has 1 saturated carbocycles. The van der Waals surface area contributed by atoms with E-state index in [9.17, 15) is 4.39 Å². The first kappa shape index (κ1) is 14.8. The van der Waals surface area contributed by atoms with Gasteiger partial charge in [-0.1, -0.05) is 43.9 Å². The van der Waals surface area contributed by atoms with E-state index >= 15 is 0 Å². The number of benzene rings is 1. The van der Waals surface area contributed by atoms with E-state index in [1.165, 1.54) is 31.7 Å². The fourth-order valence-electron chi connectivity index (χ4n) is 2.67. The number of hydrogen-bond donors (Lipinski definition) is 1. The lowest BCUT2D eigenvalue weighted by Gasteiger charge is -2.30. The normalized spacial score (nSPS) is 17.2. The molecule has 0 bridgehead atoms. The van der Waals surface area contributed by atoms with Gasteiger partial charge in [0, 0.05) is 11.1 Å². The number of halogens is 2. The highest BCUT2D eigenvalue weighted by molar-refractivity contribution is 6.30. The van der Waals surface area contributed by atoms with Gasteiger partial charge in [0.1, 0.15) is 5.82 Å². The Labute approximate surface area is 120 Å². The highest BCUT2D eigenvalue weighted by Crippen LogP contribution is 2.31. The van der Waals surface area contributed by atoms with Gasteiger partial charge in [-0.15, -0.1) is 0 Å². The lowest BCUT2D eigenvalue weighted by atomic mass is 9.80. The first-order valence-electron chi connectivity index (χ1n) is 7.36. The smallest absolute Gasteiger partial charge is 0.127 e. The molecule has 0 aromatic heterocycles. The second-order valence-corrected chi connectivity index (χ2v) is 6.06. The van der Waals surface area contributed by atoms with Gasteiger partial charge in [0.2, 0.25) is 0 Å². The van der Waals surface area contributed by atoms with Crippen molar-refractivity contribution in [3.05, 3.63) is 34.6 Å². The second kappa shape index (κ2) is 7.25. The van der Waals surface area contributed by atoms with Gasteiger partial charge in [-0.3, -0.25) is 0 Å². The van der Waals surface area contributed by atoms with Gasteiger partial charge in [0.05, 0.1) is 0 Å². The molecular weight excluding hydrogens is 261 g/mol. The molecule has 1 nitrogen and oxygen atoms in total. The van der Waals surface area contributed by atoms with Crippen LogP contribution in [0.4, 0.5) is 4.39 Å². The van der Waals surface area contributed by atoms with Crippen molar-refractivity contribution in [2.45, 2.75) is 51.5 Å². The minimum absolute atomic E-state index is 0.176. The summed E-state index contributed by atoms with van der Waals surface area (Å²) in [5, 5.41) is 4.03. The predicted octanol–water partition coefficient (Wildman–Crippen LogP) is 4.58. The first-order valence-corrected chi connectivity index (χ1v) is 7.74. The van der Waals surface area contributed by atoms with E-state index in [-0.39, 0.29) is 5.82 Å². The summed E-state index contributed by atoms with van der Waals surface area (Å²) in [6.07, 6.45) is 7.09. The largest absolute Gasteiger partial charge is 0.314 e. The van der Waals surface area contributed by atoms with E-state index in [1.54, 1.807) is 6.07 Å². The Morgan fingerprint density at radius 2 is 2.21 bits per heavy atom. The zero-order valence-electron chi connectivity index (χ0n) is 11.6. The van der Waals surface area contributed by atoms with Gasteiger partial charge >= 0.3 is 0 Å². The van der Waals surface area contributed by atoms with Crippen LogP contribution in [0.3, 0.4) is 0 Å². The molecule has 1 atom stereocenters. The molecule has 2 rings (SSSR count). The highest BCUT2D eigenvalue weighted by Gasteiger charge is 2.22. The van der Waals surface area contributed by atoms with Gasteiger partial charge < -0.3 is 5.32 Å². The van der Waals surface area contributed by atoms with Crippen LogP contribution < -0.4 is 5.32 Å². The van der Waals surface area contributed by atoms with Gasteiger partial charge in [0.15, 0.2) is 0 Å². The SMILES string of the molecule is CCCNC(Cc1ccc(Cl)cc1F)CC1CCC1. The molecule has 1 aromatic rings. The maximum Gasteiger partial charge on any atom is 0.127 e. The fourth-order valence-corrected chi connectivity index (χ4v) is 2.83. The fraction of sp³-hybridized carbons (Fsp3) is 0.625. The molecule has 1 aliphatic carbocycles. The topological polar surface area (TPSA) is 12.0 Å². The monoisotopic (exact) mass is 283 g/mol. The Kier molecular flexibility index (Phi) is 5.65. The van der Waals surface area contributed by atoms with Gasteiger partial charge in [-0.2, -0.15) is 0 Å². The predicted molar refractivity (Wildman–Crippen MR) is 79.2 cm³/mol. The van der Waals surface area contributed by atoms with Crippen LogP contribution in [0.15, 0.2) is 18.2 Å². The van der Waals surface area contributed by atoms with Crippen molar-refractivity contribution >= 4 is 11.6 Å². The van der Waals surface area contributed by atoms with Crippen molar-refractivity contribution in [1.82, 2.24) is 5.32 Å². The molecule has 0 spiro atoms. The molecule has 0 radical (unpaired) electrons. The zero-order valence-corrected chi connectivity index (χ0v) is 12.3. The molecule has 0 aliphatic heterocycles. The molecule has 3 heteroatoms. The third-order valence-electron chi connectivity index (χ3n) is 4.01. The summed E-state index contributed by atoms with van der Waals surface area (Å²) in [4.78, 5) is 0. The van der Waals surface area contributed by atoms with Crippen LogP contribution >= 0.6 is 11.6 Å². The second-order valence-electron chi connectivity index (χ2n) is 5.62. The summed E-state index contributed by atoms with van der Waals surface area (Å²) in [5.41, 5.74) is 0.775. The van der Waals surface area contributed by atoms with Crippen molar-refractivity contribution in [3.8, 4) is 0 Å². The lowest BCUT2D eigenvalue weighted by Crippen LogP contribution is -2.35. The van der Waals surface area contributed by atoms with Crippen molar-refractivity contribution in [3.63, 3.8) is 0 Å². The number of nitrogens with one attached hydrogen (secondary N) is 1. The molecule has 1 unspecified atom stereocenters. The van der Waals surface area contributed by atoms with E-state index in [0.29, 0.717) is 11.1 Å². The summed E-state index contributed by atoms with van der Waals surface area (Å²) >= 11 is 5.80. The Morgan fingerprint density at radius 1 is 1.42 bits per heavy atom. The Hall–Kier alpha value is -0.600. The van der Waals surface area contributed by atoms with Crippen molar-refractivity contribution in [1.29, 1.82) is 0 Å². The molecule has 1 aromatic carbocycles. The van der Waals surface area contributed by atoms with E-state index in [4.69, 9.17) is 11.6 Å². The number of rotatable bonds is 7. The van der Waals surface area contributed by atoms with Crippen LogP contribution in [0.5, 0.6) is 0 Å². The summed E-state index contributed by atoms with van der Waals surface area (Å²) in [6.45, 7) is 3.17. The minimum Gasteiger partial charge on any atom is -0.314 e. The Morgan fingerprint density at radius 3 is 2.79 bits per heavy atom. The summed E-state index contributed by atoms with van der Waals surface area (Å²) in [5.74, 6) is 0.661. The quantitative estimate of drug-likeness (QED) is 0.772. The minimum atomic E-state index is -0.176. The van der Waals surface area contributed by atoms with E-state index < -0.39 is 0 Å². The Balaban J connectivity index is 1.96. The molecule has 0 amide bonds. The van der Waals surface area contributed by atoms with Crippen LogP contribution in [0, 0.1) is 11.7 Å².